The van der Waals surface area contributed by atoms with Crippen molar-refractivity contribution in [3.05, 3.63) is 36.5 Å². The molecule has 0 spiro atoms. The van der Waals surface area contributed by atoms with E-state index in [2.05, 4.69) is 39.5 Å². The first-order chi connectivity index (χ1) is 15.7. The molecule has 1 N–H and O–H groups in total. The maximum absolute atomic E-state index is 13.5. The van der Waals surface area contributed by atoms with Crippen LogP contribution in [0.15, 0.2) is 36.5 Å². The van der Waals surface area contributed by atoms with Crippen LogP contribution in [0.2, 0.25) is 0 Å². The van der Waals surface area contributed by atoms with Crippen LogP contribution in [0.1, 0.15) is 19.3 Å². The molecule has 32 heavy (non-hydrogen) atoms. The molecule has 0 saturated carbocycles. The predicted octanol–water partition coefficient (Wildman–Crippen LogP) is 3.86. The number of piperidine rings is 1. The lowest BCUT2D eigenvalue weighted by Gasteiger charge is -2.37. The zero-order chi connectivity index (χ0) is 21.5. The fourth-order valence-electron chi connectivity index (χ4n) is 4.83. The topological polar surface area (TPSA) is 53.5 Å². The van der Waals surface area contributed by atoms with E-state index in [0.29, 0.717) is 25.0 Å². The second-order valence-corrected chi connectivity index (χ2v) is 10.1. The molecule has 8 heteroatoms. The average molecular weight is 454 g/mol. The third kappa shape index (κ3) is 4.07. The summed E-state index contributed by atoms with van der Waals surface area (Å²) in [6.45, 7) is 5.05. The third-order valence-electron chi connectivity index (χ3n) is 6.79. The summed E-state index contributed by atoms with van der Waals surface area (Å²) in [5.74, 6) is 0.847. The molecule has 3 fully saturated rings. The van der Waals surface area contributed by atoms with Crippen LogP contribution in [0.25, 0.3) is 20.8 Å². The molecule has 0 bridgehead atoms. The van der Waals surface area contributed by atoms with Crippen molar-refractivity contribution < 1.29 is 9.13 Å². The molecule has 1 aromatic carbocycles. The molecule has 3 aliphatic rings. The van der Waals surface area contributed by atoms with Gasteiger partial charge < -0.3 is 19.9 Å². The van der Waals surface area contributed by atoms with Crippen molar-refractivity contribution in [1.29, 1.82) is 0 Å². The molecule has 0 radical (unpaired) electrons. The van der Waals surface area contributed by atoms with Gasteiger partial charge in [0.25, 0.3) is 0 Å². The molecule has 168 valence electrons. The average Bonchev–Trinajstić information content (AvgIpc) is 3.42. The summed E-state index contributed by atoms with van der Waals surface area (Å²) in [4.78, 5) is 13.9. The summed E-state index contributed by atoms with van der Waals surface area (Å²) in [5.41, 5.74) is 3.32. The highest BCUT2D eigenvalue weighted by Crippen LogP contribution is 2.34. The van der Waals surface area contributed by atoms with Gasteiger partial charge in [0.05, 0.1) is 36.0 Å². The van der Waals surface area contributed by atoms with E-state index in [1.54, 1.807) is 11.3 Å². The molecule has 5 heterocycles. The van der Waals surface area contributed by atoms with Gasteiger partial charge in [0.1, 0.15) is 17.0 Å². The Kier molecular flexibility index (Phi) is 5.45. The molecule has 0 amide bonds. The van der Waals surface area contributed by atoms with Crippen LogP contribution in [0.3, 0.4) is 0 Å². The highest BCUT2D eigenvalue weighted by molar-refractivity contribution is 7.21. The van der Waals surface area contributed by atoms with Crippen LogP contribution < -0.4 is 15.1 Å². The molecule has 2 aromatic heterocycles. The van der Waals surface area contributed by atoms with E-state index in [1.165, 1.54) is 23.2 Å². The second kappa shape index (κ2) is 8.57. The minimum Gasteiger partial charge on any atom is -0.378 e. The number of rotatable bonds is 5. The van der Waals surface area contributed by atoms with E-state index in [1.807, 2.05) is 17.2 Å². The van der Waals surface area contributed by atoms with Gasteiger partial charge in [-0.1, -0.05) is 0 Å². The Balaban J connectivity index is 1.14. The fraction of sp³-hybridized carbons (Fsp3) is 0.500. The SMILES string of the molecule is F[C@@H]1CCN(c2ccc(-c3nc4ccc(N5CCC(NC6COC6)CC5)cc4s3)cn2)C1. The summed E-state index contributed by atoms with van der Waals surface area (Å²) in [6.07, 6.45) is 4.05. The van der Waals surface area contributed by atoms with Crippen LogP contribution in [0.4, 0.5) is 15.9 Å². The van der Waals surface area contributed by atoms with Gasteiger partial charge in [0.2, 0.25) is 0 Å². The number of aromatic nitrogens is 2. The van der Waals surface area contributed by atoms with Crippen molar-refractivity contribution in [3.63, 3.8) is 0 Å². The Morgan fingerprint density at radius 2 is 1.84 bits per heavy atom. The van der Waals surface area contributed by atoms with Crippen molar-refractivity contribution in [2.75, 3.05) is 49.2 Å². The lowest BCUT2D eigenvalue weighted by atomic mass is 10.0. The van der Waals surface area contributed by atoms with E-state index in [-0.39, 0.29) is 0 Å². The first kappa shape index (κ1) is 20.3. The molecule has 6 nitrogen and oxygen atoms in total. The highest BCUT2D eigenvalue weighted by Gasteiger charge is 2.26. The van der Waals surface area contributed by atoms with Crippen LogP contribution in [-0.2, 0) is 4.74 Å². The van der Waals surface area contributed by atoms with Crippen molar-refractivity contribution in [3.8, 4) is 10.6 Å². The Labute approximate surface area is 191 Å². The number of ether oxygens (including phenoxy) is 1. The summed E-state index contributed by atoms with van der Waals surface area (Å²) >= 11 is 1.71. The van der Waals surface area contributed by atoms with Gasteiger partial charge in [-0.25, -0.2) is 14.4 Å². The Bertz CT molecular complexity index is 1080. The molecule has 0 unspecified atom stereocenters. The highest BCUT2D eigenvalue weighted by atomic mass is 32.1. The number of thiazole rings is 1. The Hall–Kier alpha value is -2.29. The molecular formula is C24H28FN5OS. The third-order valence-corrected chi connectivity index (χ3v) is 7.86. The number of hydrogen-bond acceptors (Lipinski definition) is 7. The van der Waals surface area contributed by atoms with Crippen molar-refractivity contribution in [2.45, 2.75) is 37.5 Å². The standard InChI is InChI=1S/C24H28FN5OS/c25-17-5-8-30(13-17)23-4-1-16(12-26-23)24-28-21-3-2-20(11-22(21)32-24)29-9-6-18(7-10-29)27-19-14-31-15-19/h1-4,11-12,17-19,27H,5-10,13-15H2/t17-/m1/s1. The van der Waals surface area contributed by atoms with Crippen LogP contribution in [-0.4, -0.2) is 67.6 Å². The number of alkyl halides is 1. The smallest absolute Gasteiger partial charge is 0.128 e. The van der Waals surface area contributed by atoms with E-state index in [0.717, 1.165) is 54.8 Å². The van der Waals surface area contributed by atoms with Gasteiger partial charge in [0.15, 0.2) is 0 Å². The summed E-state index contributed by atoms with van der Waals surface area (Å²) < 4.78 is 20.0. The maximum Gasteiger partial charge on any atom is 0.128 e. The fourth-order valence-corrected chi connectivity index (χ4v) is 5.82. The predicted molar refractivity (Wildman–Crippen MR) is 128 cm³/mol. The Morgan fingerprint density at radius 3 is 2.53 bits per heavy atom. The van der Waals surface area contributed by atoms with Crippen molar-refractivity contribution >= 4 is 33.1 Å². The van der Waals surface area contributed by atoms with Gasteiger partial charge in [-0.05, 0) is 49.6 Å². The molecular weight excluding hydrogens is 425 g/mol. The maximum atomic E-state index is 13.5. The largest absolute Gasteiger partial charge is 0.378 e. The monoisotopic (exact) mass is 453 g/mol. The lowest BCUT2D eigenvalue weighted by molar-refractivity contribution is -0.0111. The number of anilines is 2. The molecule has 3 aromatic rings. The van der Waals surface area contributed by atoms with Gasteiger partial charge in [0, 0.05) is 43.1 Å². The number of fused-ring (bicyclic) bond motifs is 1. The first-order valence-electron chi connectivity index (χ1n) is 11.6. The minimum atomic E-state index is -0.741. The number of halogens is 1. The number of hydrogen-bond donors (Lipinski definition) is 1. The quantitative estimate of drug-likeness (QED) is 0.633. The molecule has 3 aliphatic heterocycles. The number of nitrogens with zero attached hydrogens (tertiary/aromatic N) is 4. The van der Waals surface area contributed by atoms with Gasteiger partial charge >= 0.3 is 0 Å². The number of nitrogens with one attached hydrogen (secondary N) is 1. The van der Waals surface area contributed by atoms with E-state index < -0.39 is 6.17 Å². The summed E-state index contributed by atoms with van der Waals surface area (Å²) in [5, 5.41) is 4.69. The molecule has 1 atom stereocenters. The molecule has 6 rings (SSSR count). The first-order valence-corrected chi connectivity index (χ1v) is 12.4. The van der Waals surface area contributed by atoms with Crippen LogP contribution in [0.5, 0.6) is 0 Å². The Morgan fingerprint density at radius 1 is 1.00 bits per heavy atom. The van der Waals surface area contributed by atoms with Crippen LogP contribution >= 0.6 is 11.3 Å². The van der Waals surface area contributed by atoms with Crippen molar-refractivity contribution in [1.82, 2.24) is 15.3 Å². The minimum absolute atomic E-state index is 0.443. The lowest BCUT2D eigenvalue weighted by Crippen LogP contribution is -2.53. The zero-order valence-corrected chi connectivity index (χ0v) is 18.9. The zero-order valence-electron chi connectivity index (χ0n) is 18.0. The molecule has 0 aliphatic carbocycles. The number of benzene rings is 1. The second-order valence-electron chi connectivity index (χ2n) is 9.07. The molecule has 3 saturated heterocycles. The van der Waals surface area contributed by atoms with Gasteiger partial charge in [-0.2, -0.15) is 0 Å². The number of pyridine rings is 1. The van der Waals surface area contributed by atoms with Gasteiger partial charge in [-0.3, -0.25) is 0 Å². The summed E-state index contributed by atoms with van der Waals surface area (Å²) in [7, 11) is 0. The normalized spacial score (nSPS) is 22.6. The van der Waals surface area contributed by atoms with E-state index >= 15 is 0 Å². The van der Waals surface area contributed by atoms with E-state index in [9.17, 15) is 4.39 Å². The van der Waals surface area contributed by atoms with Gasteiger partial charge in [-0.15, -0.1) is 11.3 Å². The van der Waals surface area contributed by atoms with E-state index in [4.69, 9.17) is 9.72 Å². The van der Waals surface area contributed by atoms with Crippen LogP contribution in [0, 0.1) is 0 Å². The van der Waals surface area contributed by atoms with Crippen molar-refractivity contribution in [2.24, 2.45) is 0 Å². The summed E-state index contributed by atoms with van der Waals surface area (Å²) in [6, 6.07) is 11.8.